The molecule has 0 amide bonds. The van der Waals surface area contributed by atoms with Gasteiger partial charge in [0.15, 0.2) is 0 Å². The first kappa shape index (κ1) is 16.8. The van der Waals surface area contributed by atoms with E-state index in [1.54, 1.807) is 18.4 Å². The number of thiazole rings is 1. The van der Waals surface area contributed by atoms with Crippen molar-refractivity contribution in [3.8, 4) is 16.3 Å². The number of hydrogen-bond donors (Lipinski definition) is 0. The number of nitrogens with zero attached hydrogens (tertiary/aromatic N) is 4. The molecule has 2 aliphatic rings. The fraction of sp³-hybridized carbons (Fsp3) is 0.381. The maximum absolute atomic E-state index is 5.32. The second-order valence-electron chi connectivity index (χ2n) is 7.30. The highest BCUT2D eigenvalue weighted by molar-refractivity contribution is 7.15. The zero-order valence-corrected chi connectivity index (χ0v) is 16.2. The SMILES string of the molecule is COc1cccc(-c2ncc(CN3CCc4nc(C5CC5)ncc4C3)s2)c1. The van der Waals surface area contributed by atoms with Crippen LogP contribution in [0.15, 0.2) is 36.7 Å². The van der Waals surface area contributed by atoms with Crippen LogP contribution in [-0.4, -0.2) is 33.5 Å². The number of benzene rings is 1. The third-order valence-corrected chi connectivity index (χ3v) is 6.25. The Morgan fingerprint density at radius 1 is 1.22 bits per heavy atom. The van der Waals surface area contributed by atoms with Crippen LogP contribution in [0.4, 0.5) is 0 Å². The number of rotatable bonds is 5. The molecule has 0 radical (unpaired) electrons. The van der Waals surface area contributed by atoms with E-state index in [2.05, 4.69) is 27.1 Å². The first-order chi connectivity index (χ1) is 13.3. The quantitative estimate of drug-likeness (QED) is 0.670. The Balaban J connectivity index is 1.28. The molecule has 1 aliphatic heterocycles. The van der Waals surface area contributed by atoms with E-state index in [9.17, 15) is 0 Å². The van der Waals surface area contributed by atoms with Crippen LogP contribution in [0.2, 0.25) is 0 Å². The van der Waals surface area contributed by atoms with Gasteiger partial charge in [-0.3, -0.25) is 4.90 Å². The molecule has 0 spiro atoms. The Hall–Kier alpha value is -2.31. The fourth-order valence-corrected chi connectivity index (χ4v) is 4.50. The lowest BCUT2D eigenvalue weighted by Crippen LogP contribution is -2.30. The van der Waals surface area contributed by atoms with Gasteiger partial charge in [0, 0.05) is 66.1 Å². The van der Waals surface area contributed by atoms with E-state index >= 15 is 0 Å². The van der Waals surface area contributed by atoms with Crippen molar-refractivity contribution in [2.45, 2.75) is 38.3 Å². The summed E-state index contributed by atoms with van der Waals surface area (Å²) >= 11 is 1.76. The van der Waals surface area contributed by atoms with E-state index < -0.39 is 0 Å². The Morgan fingerprint density at radius 3 is 3.00 bits per heavy atom. The van der Waals surface area contributed by atoms with Crippen LogP contribution in [0, 0.1) is 0 Å². The average Bonchev–Trinajstić information content (AvgIpc) is 3.46. The zero-order chi connectivity index (χ0) is 18.2. The normalized spacial score (nSPS) is 16.9. The Morgan fingerprint density at radius 2 is 2.15 bits per heavy atom. The number of methoxy groups -OCH3 is 1. The number of fused-ring (bicyclic) bond motifs is 1. The van der Waals surface area contributed by atoms with Crippen molar-refractivity contribution >= 4 is 11.3 Å². The molecule has 5 rings (SSSR count). The molecule has 3 heterocycles. The predicted molar refractivity (Wildman–Crippen MR) is 106 cm³/mol. The molecule has 1 aliphatic carbocycles. The van der Waals surface area contributed by atoms with Crippen LogP contribution in [0.5, 0.6) is 5.75 Å². The van der Waals surface area contributed by atoms with Gasteiger partial charge in [-0.15, -0.1) is 11.3 Å². The summed E-state index contributed by atoms with van der Waals surface area (Å²) in [5.74, 6) is 2.55. The van der Waals surface area contributed by atoms with Crippen molar-refractivity contribution in [1.82, 2.24) is 19.9 Å². The topological polar surface area (TPSA) is 51.1 Å². The van der Waals surface area contributed by atoms with Gasteiger partial charge in [-0.2, -0.15) is 0 Å². The lowest BCUT2D eigenvalue weighted by molar-refractivity contribution is 0.244. The highest BCUT2D eigenvalue weighted by atomic mass is 32.1. The smallest absolute Gasteiger partial charge is 0.131 e. The third kappa shape index (κ3) is 3.59. The van der Waals surface area contributed by atoms with Gasteiger partial charge in [0.2, 0.25) is 0 Å². The van der Waals surface area contributed by atoms with Gasteiger partial charge < -0.3 is 4.74 Å². The van der Waals surface area contributed by atoms with Crippen molar-refractivity contribution in [2.75, 3.05) is 13.7 Å². The van der Waals surface area contributed by atoms with Crippen LogP contribution < -0.4 is 4.74 Å². The van der Waals surface area contributed by atoms with Crippen LogP contribution >= 0.6 is 11.3 Å². The van der Waals surface area contributed by atoms with Crippen molar-refractivity contribution in [1.29, 1.82) is 0 Å². The molecule has 27 heavy (non-hydrogen) atoms. The third-order valence-electron chi connectivity index (χ3n) is 5.22. The van der Waals surface area contributed by atoms with Crippen molar-refractivity contribution in [2.24, 2.45) is 0 Å². The van der Waals surface area contributed by atoms with E-state index in [1.807, 2.05) is 24.4 Å². The van der Waals surface area contributed by atoms with Crippen LogP contribution in [0.1, 0.15) is 40.7 Å². The van der Waals surface area contributed by atoms with E-state index in [-0.39, 0.29) is 0 Å². The minimum Gasteiger partial charge on any atom is -0.497 e. The summed E-state index contributed by atoms with van der Waals surface area (Å²) in [6.07, 6.45) is 7.58. The fourth-order valence-electron chi connectivity index (χ4n) is 3.55. The molecule has 1 fully saturated rings. The molecule has 5 nitrogen and oxygen atoms in total. The molecule has 0 bridgehead atoms. The molecular weight excluding hydrogens is 356 g/mol. The highest BCUT2D eigenvalue weighted by Gasteiger charge is 2.28. The maximum atomic E-state index is 5.32. The van der Waals surface area contributed by atoms with Gasteiger partial charge in [-0.25, -0.2) is 15.0 Å². The molecular formula is C21H22N4OS. The second-order valence-corrected chi connectivity index (χ2v) is 8.41. The minimum absolute atomic E-state index is 0.626. The van der Waals surface area contributed by atoms with Gasteiger partial charge in [0.25, 0.3) is 0 Å². The molecule has 0 unspecified atom stereocenters. The van der Waals surface area contributed by atoms with E-state index in [0.717, 1.165) is 48.2 Å². The number of aromatic nitrogens is 3. The molecule has 1 aromatic carbocycles. The summed E-state index contributed by atoms with van der Waals surface area (Å²) in [6, 6.07) is 8.08. The molecule has 2 aromatic heterocycles. The van der Waals surface area contributed by atoms with Crippen molar-refractivity contribution < 1.29 is 4.74 Å². The predicted octanol–water partition coefficient (Wildman–Crippen LogP) is 4.04. The largest absolute Gasteiger partial charge is 0.497 e. The lowest BCUT2D eigenvalue weighted by Gasteiger charge is -2.27. The zero-order valence-electron chi connectivity index (χ0n) is 15.4. The number of ether oxygens (including phenoxy) is 1. The first-order valence-electron chi connectivity index (χ1n) is 9.44. The lowest BCUT2D eigenvalue weighted by atomic mass is 10.1. The summed E-state index contributed by atoms with van der Waals surface area (Å²) in [7, 11) is 1.69. The summed E-state index contributed by atoms with van der Waals surface area (Å²) in [6.45, 7) is 2.89. The summed E-state index contributed by atoms with van der Waals surface area (Å²) in [5.41, 5.74) is 3.64. The van der Waals surface area contributed by atoms with E-state index in [1.165, 1.54) is 29.0 Å². The maximum Gasteiger partial charge on any atom is 0.131 e. The molecule has 1 saturated carbocycles. The number of hydrogen-bond acceptors (Lipinski definition) is 6. The van der Waals surface area contributed by atoms with Gasteiger partial charge in [0.05, 0.1) is 7.11 Å². The van der Waals surface area contributed by atoms with Crippen LogP contribution in [0.3, 0.4) is 0 Å². The Labute approximate surface area is 163 Å². The first-order valence-corrected chi connectivity index (χ1v) is 10.3. The molecule has 3 aromatic rings. The Bertz CT molecular complexity index is 966. The van der Waals surface area contributed by atoms with Gasteiger partial charge >= 0.3 is 0 Å². The summed E-state index contributed by atoms with van der Waals surface area (Å²) in [5, 5.41) is 1.04. The standard InChI is InChI=1S/C21H22N4OS/c1-26-17-4-2-3-15(9-17)21-23-11-18(27-21)13-25-8-7-19-16(12-25)10-22-20(24-19)14-5-6-14/h2-4,9-11,14H,5-8,12-13H2,1H3. The highest BCUT2D eigenvalue weighted by Crippen LogP contribution is 2.38. The van der Waals surface area contributed by atoms with Crippen LogP contribution in [0.25, 0.3) is 10.6 Å². The molecule has 0 atom stereocenters. The van der Waals surface area contributed by atoms with Gasteiger partial charge in [-0.1, -0.05) is 12.1 Å². The van der Waals surface area contributed by atoms with E-state index in [0.29, 0.717) is 5.92 Å². The van der Waals surface area contributed by atoms with Crippen molar-refractivity contribution in [3.63, 3.8) is 0 Å². The van der Waals surface area contributed by atoms with Gasteiger partial charge in [-0.05, 0) is 25.0 Å². The molecule has 138 valence electrons. The van der Waals surface area contributed by atoms with E-state index in [4.69, 9.17) is 9.72 Å². The van der Waals surface area contributed by atoms with Crippen molar-refractivity contribution in [3.05, 3.63) is 58.6 Å². The second kappa shape index (κ2) is 7.02. The van der Waals surface area contributed by atoms with Gasteiger partial charge in [0.1, 0.15) is 16.6 Å². The monoisotopic (exact) mass is 378 g/mol. The summed E-state index contributed by atoms with van der Waals surface area (Å²) < 4.78 is 5.32. The molecule has 0 N–H and O–H groups in total. The summed E-state index contributed by atoms with van der Waals surface area (Å²) in [4.78, 5) is 17.8. The molecule has 0 saturated heterocycles. The molecule has 6 heteroatoms. The Kier molecular flexibility index (Phi) is 4.38. The van der Waals surface area contributed by atoms with Crippen LogP contribution in [-0.2, 0) is 19.5 Å². The average molecular weight is 379 g/mol. The minimum atomic E-state index is 0.626.